The predicted molar refractivity (Wildman–Crippen MR) is 324 cm³/mol. The van der Waals surface area contributed by atoms with Crippen LogP contribution in [-0.4, -0.2) is 128 Å². The van der Waals surface area contributed by atoms with Crippen molar-refractivity contribution in [2.45, 2.75) is 336 Å². The van der Waals surface area contributed by atoms with Crippen molar-refractivity contribution < 1.29 is 71.5 Å². The molecule has 488 valence electrons. The van der Waals surface area contributed by atoms with E-state index in [1.54, 1.807) is 0 Å². The highest BCUT2D eigenvalue weighted by Gasteiger charge is 2.53. The van der Waals surface area contributed by atoms with Crippen LogP contribution in [-0.2, 0) is 66.4 Å². The number of ether oxygens (including phenoxy) is 13. The molecule has 0 amide bonds. The fourth-order valence-corrected chi connectivity index (χ4v) is 14.8. The van der Waals surface area contributed by atoms with E-state index in [0.29, 0.717) is 35.5 Å². The third-order valence-corrected chi connectivity index (χ3v) is 22.8. The Kier molecular flexibility index (Phi) is 28.1. The van der Waals surface area contributed by atoms with Crippen LogP contribution in [0.25, 0.3) is 0 Å². The summed E-state index contributed by atoms with van der Waals surface area (Å²) in [5, 5.41) is 10.3. The lowest BCUT2D eigenvalue weighted by molar-refractivity contribution is -0.358. The first-order valence-corrected chi connectivity index (χ1v) is 33.4. The molecule has 83 heavy (non-hydrogen) atoms. The molecule has 15 unspecified atom stereocenters. The lowest BCUT2D eigenvalue weighted by atomic mass is 9.78. The molecule has 0 spiro atoms. The van der Waals surface area contributed by atoms with Gasteiger partial charge in [0.05, 0.1) is 73.2 Å². The second-order valence-corrected chi connectivity index (χ2v) is 27.5. The second kappa shape index (κ2) is 32.1. The van der Waals surface area contributed by atoms with Gasteiger partial charge >= 0.3 is 5.97 Å². The van der Waals surface area contributed by atoms with Crippen LogP contribution in [0.5, 0.6) is 0 Å². The predicted octanol–water partition coefficient (Wildman–Crippen LogP) is 14.2. The van der Waals surface area contributed by atoms with Gasteiger partial charge in [-0.1, -0.05) is 167 Å². The average molecular weight is 1180 g/mol. The van der Waals surface area contributed by atoms with Gasteiger partial charge in [-0.2, -0.15) is 0 Å². The monoisotopic (exact) mass is 1180 g/mol. The molecule has 7 fully saturated rings. The van der Waals surface area contributed by atoms with Crippen LogP contribution in [0.1, 0.15) is 219 Å². The van der Waals surface area contributed by atoms with E-state index in [9.17, 15) is 9.90 Å². The molecular weight excluding hydrogens is 1060 g/mol. The minimum atomic E-state index is -0.737. The summed E-state index contributed by atoms with van der Waals surface area (Å²) in [7, 11) is 0. The first kappa shape index (κ1) is 72.7. The Hall–Kier alpha value is -1.05. The molecule has 0 bridgehead atoms. The topological polar surface area (TPSA) is 157 Å². The maximum Gasteiger partial charge on any atom is 0.304 e. The number of aliphatic hydroxyl groups is 1. The van der Waals surface area contributed by atoms with Crippen LogP contribution in [0.15, 0.2) is 0 Å². The van der Waals surface area contributed by atoms with Gasteiger partial charge < -0.3 is 66.7 Å². The van der Waals surface area contributed by atoms with Crippen LogP contribution in [0.2, 0.25) is 0 Å². The maximum absolute atomic E-state index is 11.7. The lowest BCUT2D eigenvalue weighted by Crippen LogP contribution is -2.59. The van der Waals surface area contributed by atoms with Gasteiger partial charge in [0, 0.05) is 48.3 Å². The summed E-state index contributed by atoms with van der Waals surface area (Å²) in [5.41, 5.74) is 0. The van der Waals surface area contributed by atoms with Gasteiger partial charge in [0.1, 0.15) is 0 Å². The van der Waals surface area contributed by atoms with Crippen LogP contribution < -0.4 is 0 Å². The Morgan fingerprint density at radius 1 is 0.289 bits per heavy atom. The van der Waals surface area contributed by atoms with Crippen molar-refractivity contribution in [2.75, 3.05) is 0 Å². The Bertz CT molecular complexity index is 1880. The highest BCUT2D eigenvalue weighted by atomic mass is 16.8. The fourth-order valence-electron chi connectivity index (χ4n) is 14.8. The second-order valence-electron chi connectivity index (χ2n) is 27.5. The van der Waals surface area contributed by atoms with Crippen molar-refractivity contribution >= 4 is 5.97 Å². The van der Waals surface area contributed by atoms with E-state index >= 15 is 0 Å². The SMILES string of the molecule is C.CCC1O[C@@H](O[C@H]2C(C)C(C)[C@H](O[C@@H]3C(CC)OC(O)C(C)[C@H]3C)O[C@H]2CC)C(C)[C@@H](C)[C@@H]1C.CCC1O[C@@H](O[C@H]2C(C)C(C)[C@H](O[C@@H]3C(CC)O[C@@H](O[C@H]4C(C)C(C)[C@H](OC(C)=O)O[C@H]4CC)C(C)[C@H]3C)O[C@H]2CC)C(C)[C@@H](C)[C@@H]1C. The molecular formula is C68H126O15. The van der Waals surface area contributed by atoms with E-state index < -0.39 is 18.9 Å². The summed E-state index contributed by atoms with van der Waals surface area (Å²) >= 11 is 0. The van der Waals surface area contributed by atoms with E-state index in [-0.39, 0.29) is 171 Å². The van der Waals surface area contributed by atoms with Crippen molar-refractivity contribution in [1.82, 2.24) is 0 Å². The van der Waals surface area contributed by atoms with Gasteiger partial charge in [0.15, 0.2) is 37.7 Å². The molecule has 0 saturated carbocycles. The van der Waals surface area contributed by atoms with Gasteiger partial charge in [-0.25, -0.2) is 0 Å². The third-order valence-electron chi connectivity index (χ3n) is 22.8. The zero-order chi connectivity index (χ0) is 60.9. The van der Waals surface area contributed by atoms with Crippen molar-refractivity contribution in [3.05, 3.63) is 0 Å². The Morgan fingerprint density at radius 3 is 0.747 bits per heavy atom. The van der Waals surface area contributed by atoms with Crippen LogP contribution >= 0.6 is 0 Å². The number of hydrogen-bond donors (Lipinski definition) is 1. The molecule has 0 aromatic heterocycles. The van der Waals surface area contributed by atoms with Gasteiger partial charge in [-0.05, 0) is 98.2 Å². The van der Waals surface area contributed by atoms with E-state index in [4.69, 9.17) is 61.6 Å². The first-order chi connectivity index (χ1) is 38.7. The molecule has 15 heteroatoms. The first-order valence-electron chi connectivity index (χ1n) is 33.4. The Labute approximate surface area is 506 Å². The third kappa shape index (κ3) is 16.1. The number of aliphatic hydroxyl groups excluding tert-OH is 1. The van der Waals surface area contributed by atoms with Crippen LogP contribution in [0.4, 0.5) is 0 Å². The Balaban J connectivity index is 0.000000318. The van der Waals surface area contributed by atoms with E-state index in [0.717, 1.165) is 44.9 Å². The van der Waals surface area contributed by atoms with Crippen molar-refractivity contribution in [3.8, 4) is 0 Å². The Morgan fingerprint density at radius 2 is 0.494 bits per heavy atom. The molecule has 7 aliphatic rings. The summed E-state index contributed by atoms with van der Waals surface area (Å²) in [4.78, 5) is 11.7. The highest BCUT2D eigenvalue weighted by Crippen LogP contribution is 2.47. The van der Waals surface area contributed by atoms with Crippen molar-refractivity contribution in [3.63, 3.8) is 0 Å². The molecule has 15 nitrogen and oxygen atoms in total. The molecule has 0 aliphatic carbocycles. The lowest BCUT2D eigenvalue weighted by Gasteiger charge is -2.51. The maximum atomic E-state index is 11.7. The number of rotatable bonds is 18. The van der Waals surface area contributed by atoms with E-state index in [2.05, 4.69) is 152 Å². The van der Waals surface area contributed by atoms with Crippen molar-refractivity contribution in [1.29, 1.82) is 0 Å². The molecule has 0 radical (unpaired) electrons. The highest BCUT2D eigenvalue weighted by molar-refractivity contribution is 5.66. The standard InChI is InChI=1S/C39H70O9.C28H52O6.CH4/c1-15-29-20(6)19(5)24(10)37(42-29)46-34-22(8)26(12)39(44-31(34)17-3)48-35-23(9)27(13)38(45-32(35)18-4)47-33-21(7)25(11)36(41-28(14)40)43-30(33)16-2;1-11-21-15(5)14(4)19(9)27(31-21)34-25-17(7)20(10)28(32-23(25)13-3)33-24-16(6)18(8)26(29)30-22(24)12-2;/h19-27,29-39H,15-18H2,1-14H3;14-29H,11-13H2,1-10H3;1H4/t19-,20-,21?,22?,23+,24?,25?,26?,27?,29?,30-,31-,32?,33-,34-,35-,36+,37-,38-,39-;14-,15-,16+,17?,18?,19?,20?,21?,22?,23-,24-,25-,26?,27-,28-;/m00./s1. The summed E-state index contributed by atoms with van der Waals surface area (Å²) in [6, 6.07) is 0. The number of hydrogen-bond acceptors (Lipinski definition) is 15. The molecule has 7 aliphatic heterocycles. The minimum absolute atomic E-state index is 0. The number of carbonyl (C=O) groups excluding carboxylic acids is 1. The summed E-state index contributed by atoms with van der Waals surface area (Å²) < 4.78 is 84.9. The fraction of sp³-hybridized carbons (Fsp3) is 0.985. The van der Waals surface area contributed by atoms with Crippen molar-refractivity contribution in [2.24, 2.45) is 94.7 Å². The quantitative estimate of drug-likeness (QED) is 0.129. The molecule has 0 aromatic carbocycles. The van der Waals surface area contributed by atoms with Crippen LogP contribution in [0, 0.1) is 94.7 Å². The van der Waals surface area contributed by atoms with Crippen LogP contribution in [0.3, 0.4) is 0 Å². The molecule has 1 N–H and O–H groups in total. The smallest absolute Gasteiger partial charge is 0.304 e. The number of esters is 1. The average Bonchev–Trinajstić information content (AvgIpc) is 3.11. The van der Waals surface area contributed by atoms with E-state index in [1.807, 2.05) is 6.92 Å². The zero-order valence-electron chi connectivity index (χ0n) is 55.8. The zero-order valence-corrected chi connectivity index (χ0v) is 55.8. The van der Waals surface area contributed by atoms with Gasteiger partial charge in [-0.15, -0.1) is 0 Å². The largest absolute Gasteiger partial charge is 0.436 e. The normalized spacial score (nSPS) is 50.5. The van der Waals surface area contributed by atoms with Gasteiger partial charge in [-0.3, -0.25) is 4.79 Å². The van der Waals surface area contributed by atoms with E-state index in [1.165, 1.54) is 6.92 Å². The molecule has 7 rings (SSSR count). The summed E-state index contributed by atoms with van der Waals surface area (Å²) in [6.45, 7) is 52.1. The molecule has 7 saturated heterocycles. The number of carbonyl (C=O) groups is 1. The minimum Gasteiger partial charge on any atom is -0.436 e. The summed E-state index contributed by atoms with van der Waals surface area (Å²) in [5.74, 6) is 3.79. The molecule has 7 heterocycles. The van der Waals surface area contributed by atoms with Gasteiger partial charge in [0.2, 0.25) is 6.29 Å². The molecule has 0 aromatic rings. The molecule has 35 atom stereocenters. The summed E-state index contributed by atoms with van der Waals surface area (Å²) in [6.07, 6.45) is 2.55. The van der Waals surface area contributed by atoms with Gasteiger partial charge in [0.25, 0.3) is 0 Å².